The molecule has 102 valence electrons. The highest BCUT2D eigenvalue weighted by atomic mass is 16.4. The van der Waals surface area contributed by atoms with Crippen LogP contribution in [0.1, 0.15) is 45.3 Å². The van der Waals surface area contributed by atoms with Gasteiger partial charge in [0.05, 0.1) is 5.56 Å². The summed E-state index contributed by atoms with van der Waals surface area (Å²) in [5.41, 5.74) is 3.76. The molecule has 0 aromatic heterocycles. The van der Waals surface area contributed by atoms with Crippen molar-refractivity contribution in [1.29, 1.82) is 0 Å². The van der Waals surface area contributed by atoms with Gasteiger partial charge in [0.25, 0.3) is 0 Å². The van der Waals surface area contributed by atoms with Gasteiger partial charge >= 0.3 is 5.97 Å². The zero-order valence-corrected chi connectivity index (χ0v) is 11.2. The molecule has 1 fully saturated rings. The summed E-state index contributed by atoms with van der Waals surface area (Å²) < 4.78 is 0. The van der Waals surface area contributed by atoms with Crippen LogP contribution in [0.5, 0.6) is 5.75 Å². The molecule has 2 N–H and O–H groups in total. The Kier molecular flexibility index (Phi) is 2.97. The molecule has 3 rings (SSSR count). The summed E-state index contributed by atoms with van der Waals surface area (Å²) in [6, 6.07) is 12.6. The van der Waals surface area contributed by atoms with E-state index in [2.05, 4.69) is 0 Å². The average molecular weight is 268 g/mol. The summed E-state index contributed by atoms with van der Waals surface area (Å²) in [4.78, 5) is 11.0. The molecule has 0 aliphatic heterocycles. The average Bonchev–Trinajstić information content (AvgIpc) is 3.19. The van der Waals surface area contributed by atoms with Gasteiger partial charge in [-0.25, -0.2) is 4.79 Å². The lowest BCUT2D eigenvalue weighted by atomic mass is 9.99. The van der Waals surface area contributed by atoms with Gasteiger partial charge in [-0.2, -0.15) is 0 Å². The van der Waals surface area contributed by atoms with E-state index in [9.17, 15) is 9.90 Å². The molecule has 0 spiro atoms. The van der Waals surface area contributed by atoms with E-state index < -0.39 is 5.97 Å². The van der Waals surface area contributed by atoms with Crippen molar-refractivity contribution in [2.45, 2.75) is 25.2 Å². The quantitative estimate of drug-likeness (QED) is 0.893. The molecule has 0 radical (unpaired) electrons. The van der Waals surface area contributed by atoms with Gasteiger partial charge in [-0.05, 0) is 66.1 Å². The summed E-state index contributed by atoms with van der Waals surface area (Å²) in [5.74, 6) is 0.221. The van der Waals surface area contributed by atoms with Crippen LogP contribution in [0.3, 0.4) is 0 Å². The molecule has 2 atom stereocenters. The molecule has 2 aromatic carbocycles. The standard InChI is InChI=1S/C17H16O3/c1-10-7-13(18)5-6-14(10)16-9-15(16)11-3-2-4-12(8-11)17(19)20/h2-8,15-16,18H,9H2,1H3,(H,19,20)/t15-,16+/m1/s1. The number of benzene rings is 2. The van der Waals surface area contributed by atoms with Gasteiger partial charge in [-0.1, -0.05) is 18.2 Å². The zero-order valence-electron chi connectivity index (χ0n) is 11.2. The molecule has 0 heterocycles. The maximum Gasteiger partial charge on any atom is 0.335 e. The molecule has 3 nitrogen and oxygen atoms in total. The van der Waals surface area contributed by atoms with Gasteiger partial charge in [-0.3, -0.25) is 0 Å². The molecular weight excluding hydrogens is 252 g/mol. The molecule has 1 aliphatic carbocycles. The first-order valence-corrected chi connectivity index (χ1v) is 6.69. The maximum absolute atomic E-state index is 11.0. The number of rotatable bonds is 3. The summed E-state index contributed by atoms with van der Waals surface area (Å²) in [6.07, 6.45) is 1.04. The fourth-order valence-corrected chi connectivity index (χ4v) is 2.89. The second-order valence-electron chi connectivity index (χ2n) is 5.42. The van der Waals surface area contributed by atoms with E-state index in [0.29, 0.717) is 17.4 Å². The lowest BCUT2D eigenvalue weighted by Crippen LogP contribution is -1.97. The van der Waals surface area contributed by atoms with Crippen LogP contribution in [0.2, 0.25) is 0 Å². The molecular formula is C17H16O3. The Hall–Kier alpha value is -2.29. The molecule has 3 heteroatoms. The van der Waals surface area contributed by atoms with Crippen molar-refractivity contribution in [2.24, 2.45) is 0 Å². The topological polar surface area (TPSA) is 57.5 Å². The fraction of sp³-hybridized carbons (Fsp3) is 0.235. The van der Waals surface area contributed by atoms with Gasteiger partial charge in [0.1, 0.15) is 5.75 Å². The number of carboxylic acids is 1. The van der Waals surface area contributed by atoms with Gasteiger partial charge in [0, 0.05) is 0 Å². The minimum Gasteiger partial charge on any atom is -0.508 e. The number of phenolic OH excluding ortho intramolecular Hbond substituents is 1. The number of carbonyl (C=O) groups is 1. The minimum atomic E-state index is -0.884. The van der Waals surface area contributed by atoms with Crippen molar-refractivity contribution >= 4 is 5.97 Å². The van der Waals surface area contributed by atoms with Crippen molar-refractivity contribution < 1.29 is 15.0 Å². The van der Waals surface area contributed by atoms with E-state index in [1.807, 2.05) is 19.1 Å². The predicted molar refractivity (Wildman–Crippen MR) is 76.3 cm³/mol. The second-order valence-corrected chi connectivity index (χ2v) is 5.42. The molecule has 0 saturated heterocycles. The summed E-state index contributed by atoms with van der Waals surface area (Å²) in [7, 11) is 0. The molecule has 1 saturated carbocycles. The van der Waals surface area contributed by atoms with Crippen LogP contribution in [0.4, 0.5) is 0 Å². The van der Waals surface area contributed by atoms with Crippen molar-refractivity contribution in [1.82, 2.24) is 0 Å². The fourth-order valence-electron chi connectivity index (χ4n) is 2.89. The molecule has 2 aromatic rings. The van der Waals surface area contributed by atoms with E-state index in [1.165, 1.54) is 5.56 Å². The highest BCUT2D eigenvalue weighted by Crippen LogP contribution is 2.55. The van der Waals surface area contributed by atoms with Crippen LogP contribution in [0.15, 0.2) is 42.5 Å². The molecule has 0 amide bonds. The van der Waals surface area contributed by atoms with E-state index >= 15 is 0 Å². The smallest absolute Gasteiger partial charge is 0.335 e. The number of hydrogen-bond donors (Lipinski definition) is 2. The van der Waals surface area contributed by atoms with E-state index in [4.69, 9.17) is 5.11 Å². The lowest BCUT2D eigenvalue weighted by molar-refractivity contribution is 0.0696. The van der Waals surface area contributed by atoms with Gasteiger partial charge in [0.2, 0.25) is 0 Å². The SMILES string of the molecule is Cc1cc(O)ccc1[C@@H]1C[C@@H]1c1cccc(C(=O)O)c1. The summed E-state index contributed by atoms with van der Waals surface area (Å²) in [5, 5.41) is 18.5. The van der Waals surface area contributed by atoms with Gasteiger partial charge in [0.15, 0.2) is 0 Å². The Balaban J connectivity index is 1.85. The Morgan fingerprint density at radius 3 is 2.65 bits per heavy atom. The van der Waals surface area contributed by atoms with Crippen LogP contribution < -0.4 is 0 Å². The highest BCUT2D eigenvalue weighted by Gasteiger charge is 2.40. The van der Waals surface area contributed by atoms with Crippen molar-refractivity contribution in [3.8, 4) is 5.75 Å². The van der Waals surface area contributed by atoms with Crippen LogP contribution in [0.25, 0.3) is 0 Å². The van der Waals surface area contributed by atoms with Crippen LogP contribution in [-0.4, -0.2) is 16.2 Å². The van der Waals surface area contributed by atoms with E-state index in [-0.39, 0.29) is 5.75 Å². The van der Waals surface area contributed by atoms with Crippen LogP contribution in [0, 0.1) is 6.92 Å². The normalized spacial score (nSPS) is 20.6. The number of aromatic carboxylic acids is 1. The third-order valence-corrected chi connectivity index (χ3v) is 4.01. The first-order valence-electron chi connectivity index (χ1n) is 6.69. The number of hydrogen-bond acceptors (Lipinski definition) is 2. The lowest BCUT2D eigenvalue weighted by Gasteiger charge is -2.06. The van der Waals surface area contributed by atoms with Crippen molar-refractivity contribution in [3.63, 3.8) is 0 Å². The molecule has 1 aliphatic rings. The van der Waals surface area contributed by atoms with Gasteiger partial charge < -0.3 is 10.2 Å². The number of aryl methyl sites for hydroxylation is 1. The van der Waals surface area contributed by atoms with Crippen LogP contribution >= 0.6 is 0 Å². The minimum absolute atomic E-state index is 0.288. The third-order valence-electron chi connectivity index (χ3n) is 4.01. The monoisotopic (exact) mass is 268 g/mol. The van der Waals surface area contributed by atoms with Crippen LogP contribution in [-0.2, 0) is 0 Å². The van der Waals surface area contributed by atoms with Crippen molar-refractivity contribution in [2.75, 3.05) is 0 Å². The Morgan fingerprint density at radius 1 is 1.15 bits per heavy atom. The second kappa shape index (κ2) is 4.67. The Labute approximate surface area is 117 Å². The van der Waals surface area contributed by atoms with Crippen molar-refractivity contribution in [3.05, 3.63) is 64.7 Å². The predicted octanol–water partition coefficient (Wildman–Crippen LogP) is 3.67. The highest BCUT2D eigenvalue weighted by molar-refractivity contribution is 5.87. The zero-order chi connectivity index (χ0) is 14.3. The number of aromatic hydroxyl groups is 1. The van der Waals surface area contributed by atoms with E-state index in [1.54, 1.807) is 30.3 Å². The Bertz CT molecular complexity index is 676. The molecule has 20 heavy (non-hydrogen) atoms. The number of carboxylic acid groups (broad SMARTS) is 1. The largest absolute Gasteiger partial charge is 0.508 e. The molecule has 0 unspecified atom stereocenters. The first-order chi connectivity index (χ1) is 9.56. The number of phenols is 1. The summed E-state index contributed by atoms with van der Waals surface area (Å²) >= 11 is 0. The molecule has 0 bridgehead atoms. The van der Waals surface area contributed by atoms with E-state index in [0.717, 1.165) is 17.5 Å². The maximum atomic E-state index is 11.0. The van der Waals surface area contributed by atoms with Gasteiger partial charge in [-0.15, -0.1) is 0 Å². The first kappa shape index (κ1) is 12.7. The summed E-state index contributed by atoms with van der Waals surface area (Å²) in [6.45, 7) is 2.00. The Morgan fingerprint density at radius 2 is 1.95 bits per heavy atom. The third kappa shape index (κ3) is 2.27.